The normalized spacial score (nSPS) is 17.6. The molecule has 3 heterocycles. The number of amides is 1. The molecule has 1 atom stereocenters. The van der Waals surface area contributed by atoms with E-state index in [2.05, 4.69) is 26.2 Å². The summed E-state index contributed by atoms with van der Waals surface area (Å²) in [7, 11) is 0. The summed E-state index contributed by atoms with van der Waals surface area (Å²) in [5, 5.41) is 12.5. The van der Waals surface area contributed by atoms with Crippen molar-refractivity contribution >= 4 is 45.6 Å². The van der Waals surface area contributed by atoms with Crippen molar-refractivity contribution in [3.05, 3.63) is 76.4 Å². The molecule has 11 heteroatoms. The maximum atomic E-state index is 13.0. The molecule has 2 aliphatic heterocycles. The summed E-state index contributed by atoms with van der Waals surface area (Å²) in [5.41, 5.74) is 9.07. The van der Waals surface area contributed by atoms with Gasteiger partial charge in [0, 0.05) is 24.2 Å². The van der Waals surface area contributed by atoms with Gasteiger partial charge in [0.05, 0.1) is 24.6 Å². The summed E-state index contributed by atoms with van der Waals surface area (Å²) in [6.45, 7) is 2.38. The summed E-state index contributed by atoms with van der Waals surface area (Å²) in [6.07, 6.45) is 4.32. The maximum absolute atomic E-state index is 13.0. The number of morpholine rings is 1. The number of amidine groups is 1. The van der Waals surface area contributed by atoms with Crippen LogP contribution in [0.4, 0.5) is 10.7 Å². The van der Waals surface area contributed by atoms with Crippen LogP contribution in [0.1, 0.15) is 21.8 Å². The number of benzodiazepines with no additional fused rings is 1. The first-order valence-electron chi connectivity index (χ1n) is 11.5. The van der Waals surface area contributed by atoms with E-state index in [4.69, 9.17) is 27.0 Å². The number of nitrogens with two attached hydrogens (primary N) is 1. The number of rotatable bonds is 4. The molecular formula is C26H23N7O3S. The Bertz CT molecular complexity index is 1440. The zero-order valence-corrected chi connectivity index (χ0v) is 20.5. The number of thiazole rings is 1. The first-order valence-corrected chi connectivity index (χ1v) is 12.3. The van der Waals surface area contributed by atoms with Gasteiger partial charge in [0.15, 0.2) is 10.7 Å². The fourth-order valence-electron chi connectivity index (χ4n) is 3.96. The molecule has 0 aliphatic carbocycles. The van der Waals surface area contributed by atoms with Crippen molar-refractivity contribution in [3.8, 4) is 12.3 Å². The number of aromatic nitrogens is 1. The van der Waals surface area contributed by atoms with Crippen LogP contribution in [0, 0.1) is 17.8 Å². The summed E-state index contributed by atoms with van der Waals surface area (Å²) < 4.78 is 10.9. The number of carbonyl (C=O) groups is 1. The van der Waals surface area contributed by atoms with Crippen LogP contribution in [0.15, 0.2) is 64.6 Å². The lowest BCUT2D eigenvalue weighted by molar-refractivity contribution is -0.117. The van der Waals surface area contributed by atoms with Crippen LogP contribution in [0.5, 0.6) is 0 Å². The molecule has 5 rings (SSSR count). The van der Waals surface area contributed by atoms with E-state index in [0.29, 0.717) is 47.7 Å². The molecule has 2 aliphatic rings. The average Bonchev–Trinajstić information content (AvgIpc) is 3.32. The highest BCUT2D eigenvalue weighted by Crippen LogP contribution is 2.30. The third kappa shape index (κ3) is 5.20. The van der Waals surface area contributed by atoms with Gasteiger partial charge in [-0.1, -0.05) is 59.9 Å². The highest BCUT2D eigenvalue weighted by Gasteiger charge is 2.27. The molecule has 1 aromatic heterocycles. The van der Waals surface area contributed by atoms with Crippen LogP contribution in [-0.4, -0.2) is 61.0 Å². The Kier molecular flexibility index (Phi) is 6.93. The molecule has 1 amide bonds. The molecular weight excluding hydrogens is 490 g/mol. The van der Waals surface area contributed by atoms with Crippen LogP contribution in [0.2, 0.25) is 0 Å². The van der Waals surface area contributed by atoms with Gasteiger partial charge in [-0.2, -0.15) is 4.99 Å². The number of ether oxygens (including phenoxy) is 2. The first-order chi connectivity index (χ1) is 18.0. The van der Waals surface area contributed by atoms with Crippen LogP contribution in [0.3, 0.4) is 0 Å². The van der Waals surface area contributed by atoms with Crippen molar-refractivity contribution in [3.63, 3.8) is 0 Å². The Hall–Kier alpha value is -4.53. The molecule has 1 saturated heterocycles. The van der Waals surface area contributed by atoms with Gasteiger partial charge in [-0.15, -0.1) is 6.42 Å². The minimum absolute atomic E-state index is 0.254. The fraction of sp³-hybridized carbons (Fsp3) is 0.192. The molecule has 0 saturated carbocycles. The smallest absolute Gasteiger partial charge is 0.291 e. The number of carbonyl (C=O) groups excluding carboxylic acids is 1. The summed E-state index contributed by atoms with van der Waals surface area (Å²) in [4.78, 5) is 28.2. The lowest BCUT2D eigenvalue weighted by Crippen LogP contribution is -2.37. The minimum atomic E-state index is -1.23. The van der Waals surface area contributed by atoms with Crippen molar-refractivity contribution in [1.29, 1.82) is 5.41 Å². The van der Waals surface area contributed by atoms with E-state index in [9.17, 15) is 4.79 Å². The van der Waals surface area contributed by atoms with Crippen molar-refractivity contribution in [2.45, 2.75) is 6.17 Å². The van der Waals surface area contributed by atoms with Gasteiger partial charge in [0.2, 0.25) is 12.1 Å². The van der Waals surface area contributed by atoms with E-state index in [1.807, 2.05) is 53.4 Å². The molecule has 37 heavy (non-hydrogen) atoms. The zero-order valence-electron chi connectivity index (χ0n) is 19.7. The van der Waals surface area contributed by atoms with Gasteiger partial charge in [0.1, 0.15) is 5.00 Å². The Labute approximate surface area is 217 Å². The van der Waals surface area contributed by atoms with Gasteiger partial charge in [-0.25, -0.2) is 9.98 Å². The number of aliphatic imine (C=N–C) groups is 2. The number of benzene rings is 2. The molecule has 186 valence electrons. The van der Waals surface area contributed by atoms with Gasteiger partial charge >= 0.3 is 0 Å². The van der Waals surface area contributed by atoms with E-state index in [-0.39, 0.29) is 11.6 Å². The SMILES string of the molecule is C#Cc1nc(C(=N)OC(N)=NC2N=C(c3ccccc3)c3ccccc3NC2=O)c(N2CCOCC2)s1. The van der Waals surface area contributed by atoms with Crippen molar-refractivity contribution in [2.24, 2.45) is 15.7 Å². The van der Waals surface area contributed by atoms with E-state index in [1.165, 1.54) is 11.3 Å². The Morgan fingerprint density at radius 3 is 2.70 bits per heavy atom. The number of nitrogens with one attached hydrogen (secondary N) is 2. The second-order valence-electron chi connectivity index (χ2n) is 8.07. The zero-order chi connectivity index (χ0) is 25.8. The van der Waals surface area contributed by atoms with Crippen molar-refractivity contribution < 1.29 is 14.3 Å². The van der Waals surface area contributed by atoms with Gasteiger partial charge in [0.25, 0.3) is 11.9 Å². The van der Waals surface area contributed by atoms with Crippen molar-refractivity contribution in [2.75, 3.05) is 36.5 Å². The quantitative estimate of drug-likeness (QED) is 0.278. The highest BCUT2D eigenvalue weighted by molar-refractivity contribution is 7.16. The molecule has 4 N–H and O–H groups in total. The third-order valence-electron chi connectivity index (χ3n) is 5.68. The Morgan fingerprint density at radius 2 is 1.95 bits per heavy atom. The number of hydrogen-bond donors (Lipinski definition) is 3. The topological polar surface area (TPSA) is 138 Å². The maximum Gasteiger partial charge on any atom is 0.291 e. The lowest BCUT2D eigenvalue weighted by atomic mass is 10.0. The standard InChI is InChI=1S/C26H23N7O3S/c1-2-19-30-21(25(37-19)33-12-14-35-15-13-33)22(27)36-26(28)32-23-24(34)29-18-11-7-6-10-17(18)20(31-23)16-8-4-3-5-9-16/h1,3-11,23,27H,12-15H2,(H2,28,32)(H,29,34). The first kappa shape index (κ1) is 24.2. The number of hydrogen-bond acceptors (Lipinski definition) is 9. The van der Waals surface area contributed by atoms with Crippen LogP contribution in [0.25, 0.3) is 0 Å². The van der Waals surface area contributed by atoms with Gasteiger partial charge in [-0.05, 0) is 12.0 Å². The molecule has 1 fully saturated rings. The van der Waals surface area contributed by atoms with Gasteiger partial charge < -0.3 is 25.4 Å². The average molecular weight is 514 g/mol. The predicted molar refractivity (Wildman–Crippen MR) is 144 cm³/mol. The Morgan fingerprint density at radius 1 is 1.22 bits per heavy atom. The Balaban J connectivity index is 1.44. The van der Waals surface area contributed by atoms with E-state index < -0.39 is 18.1 Å². The van der Waals surface area contributed by atoms with Crippen LogP contribution < -0.4 is 16.0 Å². The molecule has 3 aromatic rings. The number of fused-ring (bicyclic) bond motifs is 1. The molecule has 0 spiro atoms. The predicted octanol–water partition coefficient (Wildman–Crippen LogP) is 2.43. The van der Waals surface area contributed by atoms with E-state index >= 15 is 0 Å². The summed E-state index contributed by atoms with van der Waals surface area (Å²) in [5.74, 6) is 1.70. The number of anilines is 2. The minimum Gasteiger partial charge on any atom is -0.405 e. The largest absolute Gasteiger partial charge is 0.405 e. The second kappa shape index (κ2) is 10.6. The molecule has 0 radical (unpaired) electrons. The third-order valence-corrected chi connectivity index (χ3v) is 6.72. The summed E-state index contributed by atoms with van der Waals surface area (Å²) >= 11 is 1.29. The monoisotopic (exact) mass is 513 g/mol. The number of terminal acetylenes is 1. The molecule has 0 bridgehead atoms. The van der Waals surface area contributed by atoms with Crippen molar-refractivity contribution in [1.82, 2.24) is 4.98 Å². The lowest BCUT2D eigenvalue weighted by Gasteiger charge is -2.27. The molecule has 1 unspecified atom stereocenters. The van der Waals surface area contributed by atoms with E-state index in [0.717, 1.165) is 11.1 Å². The second-order valence-corrected chi connectivity index (χ2v) is 9.04. The number of para-hydroxylation sites is 1. The van der Waals surface area contributed by atoms with Crippen LogP contribution >= 0.6 is 11.3 Å². The number of nitrogens with zero attached hydrogens (tertiary/aromatic N) is 4. The van der Waals surface area contributed by atoms with Crippen LogP contribution in [-0.2, 0) is 14.3 Å². The fourth-order valence-corrected chi connectivity index (χ4v) is 4.89. The summed E-state index contributed by atoms with van der Waals surface area (Å²) in [6, 6.07) is 16.5. The highest BCUT2D eigenvalue weighted by atomic mass is 32.1. The van der Waals surface area contributed by atoms with Gasteiger partial charge in [-0.3, -0.25) is 10.2 Å². The van der Waals surface area contributed by atoms with E-state index in [1.54, 1.807) is 6.07 Å². The molecule has 10 nitrogen and oxygen atoms in total. The molecule has 2 aromatic carbocycles.